The minimum atomic E-state index is -0.201. The van der Waals surface area contributed by atoms with Gasteiger partial charge in [-0.05, 0) is 30.7 Å². The number of anilines is 1. The Kier molecular flexibility index (Phi) is 5.59. The van der Waals surface area contributed by atoms with E-state index in [1.807, 2.05) is 31.2 Å². The van der Waals surface area contributed by atoms with Crippen molar-refractivity contribution >= 4 is 39.3 Å². The SMILES string of the molecule is CCNc1ncc(C(=O)NCc2cccc(Br)c2)cc1Cl. The molecule has 0 aliphatic carbocycles. The lowest BCUT2D eigenvalue weighted by atomic mass is 10.2. The monoisotopic (exact) mass is 367 g/mol. The van der Waals surface area contributed by atoms with E-state index in [0.717, 1.165) is 16.6 Å². The first-order chi connectivity index (χ1) is 10.1. The quantitative estimate of drug-likeness (QED) is 0.842. The van der Waals surface area contributed by atoms with Gasteiger partial charge in [0.15, 0.2) is 0 Å². The van der Waals surface area contributed by atoms with Gasteiger partial charge >= 0.3 is 0 Å². The highest BCUT2D eigenvalue weighted by molar-refractivity contribution is 9.10. The van der Waals surface area contributed by atoms with Crippen LogP contribution in [0.2, 0.25) is 5.02 Å². The van der Waals surface area contributed by atoms with Crippen molar-refractivity contribution in [3.05, 3.63) is 57.2 Å². The molecule has 0 atom stereocenters. The summed E-state index contributed by atoms with van der Waals surface area (Å²) < 4.78 is 0.981. The highest BCUT2D eigenvalue weighted by atomic mass is 79.9. The summed E-state index contributed by atoms with van der Waals surface area (Å²) in [5.74, 6) is 0.384. The van der Waals surface area contributed by atoms with Crippen LogP contribution in [0.25, 0.3) is 0 Å². The van der Waals surface area contributed by atoms with Crippen LogP contribution in [-0.2, 0) is 6.54 Å². The Morgan fingerprint density at radius 2 is 2.19 bits per heavy atom. The van der Waals surface area contributed by atoms with Gasteiger partial charge in [0.1, 0.15) is 5.82 Å². The lowest BCUT2D eigenvalue weighted by Gasteiger charge is -2.08. The van der Waals surface area contributed by atoms with Crippen LogP contribution in [0, 0.1) is 0 Å². The molecular weight excluding hydrogens is 354 g/mol. The smallest absolute Gasteiger partial charge is 0.253 e. The predicted molar refractivity (Wildman–Crippen MR) is 88.7 cm³/mol. The maximum atomic E-state index is 12.1. The zero-order valence-corrected chi connectivity index (χ0v) is 13.8. The molecule has 0 aliphatic rings. The van der Waals surface area contributed by atoms with Crippen LogP contribution in [0.4, 0.5) is 5.82 Å². The van der Waals surface area contributed by atoms with Crippen molar-refractivity contribution in [2.24, 2.45) is 0 Å². The highest BCUT2D eigenvalue weighted by Gasteiger charge is 2.09. The molecule has 2 rings (SSSR count). The molecule has 0 unspecified atom stereocenters. The van der Waals surface area contributed by atoms with Gasteiger partial charge in [0.05, 0.1) is 10.6 Å². The Morgan fingerprint density at radius 3 is 2.86 bits per heavy atom. The Bertz CT molecular complexity index is 649. The molecule has 2 aromatic rings. The number of carbonyl (C=O) groups excluding carboxylic acids is 1. The maximum Gasteiger partial charge on any atom is 0.253 e. The lowest BCUT2D eigenvalue weighted by molar-refractivity contribution is 0.0950. The molecule has 0 aliphatic heterocycles. The normalized spacial score (nSPS) is 10.2. The van der Waals surface area contributed by atoms with Crippen molar-refractivity contribution in [3.63, 3.8) is 0 Å². The molecule has 1 aromatic heterocycles. The average Bonchev–Trinajstić information content (AvgIpc) is 2.47. The van der Waals surface area contributed by atoms with E-state index in [1.165, 1.54) is 6.20 Å². The fourth-order valence-electron chi connectivity index (χ4n) is 1.79. The van der Waals surface area contributed by atoms with E-state index < -0.39 is 0 Å². The van der Waals surface area contributed by atoms with Gasteiger partial charge in [-0.1, -0.05) is 39.7 Å². The number of rotatable bonds is 5. The van der Waals surface area contributed by atoms with Crippen molar-refractivity contribution < 1.29 is 4.79 Å². The minimum absolute atomic E-state index is 0.201. The number of benzene rings is 1. The Labute approximate surface area is 137 Å². The molecule has 21 heavy (non-hydrogen) atoms. The van der Waals surface area contributed by atoms with Crippen molar-refractivity contribution in [1.29, 1.82) is 0 Å². The summed E-state index contributed by atoms with van der Waals surface area (Å²) in [7, 11) is 0. The maximum absolute atomic E-state index is 12.1. The first kappa shape index (κ1) is 15.8. The summed E-state index contributed by atoms with van der Waals surface area (Å²) in [4.78, 5) is 16.2. The van der Waals surface area contributed by atoms with Crippen LogP contribution in [0.15, 0.2) is 41.0 Å². The number of carbonyl (C=O) groups is 1. The topological polar surface area (TPSA) is 54.0 Å². The fraction of sp³-hybridized carbons (Fsp3) is 0.200. The standard InChI is InChI=1S/C15H15BrClN3O/c1-2-18-14-13(17)7-11(9-19-14)15(21)20-8-10-4-3-5-12(16)6-10/h3-7,9H,2,8H2,1H3,(H,18,19)(H,20,21). The van der Waals surface area contributed by atoms with Crippen LogP contribution in [0.3, 0.4) is 0 Å². The summed E-state index contributed by atoms with van der Waals surface area (Å²) in [5, 5.41) is 6.31. The van der Waals surface area contributed by atoms with Gasteiger partial charge in [-0.3, -0.25) is 4.79 Å². The molecular formula is C15H15BrClN3O. The van der Waals surface area contributed by atoms with Crippen molar-refractivity contribution in [3.8, 4) is 0 Å². The third-order valence-corrected chi connectivity index (χ3v) is 3.57. The molecule has 0 fully saturated rings. The summed E-state index contributed by atoms with van der Waals surface area (Å²) in [6.07, 6.45) is 1.51. The number of hydrogen-bond acceptors (Lipinski definition) is 3. The number of aromatic nitrogens is 1. The van der Waals surface area contributed by atoms with E-state index in [9.17, 15) is 4.79 Å². The Balaban J connectivity index is 2.02. The van der Waals surface area contributed by atoms with Crippen LogP contribution in [0.1, 0.15) is 22.8 Å². The summed E-state index contributed by atoms with van der Waals surface area (Å²) in [6, 6.07) is 9.39. The lowest BCUT2D eigenvalue weighted by Crippen LogP contribution is -2.23. The molecule has 1 aromatic carbocycles. The molecule has 0 saturated heterocycles. The molecule has 4 nitrogen and oxygen atoms in total. The molecule has 0 saturated carbocycles. The van der Waals surface area contributed by atoms with Gasteiger partial charge in [0.2, 0.25) is 0 Å². The number of pyridine rings is 1. The van der Waals surface area contributed by atoms with E-state index in [0.29, 0.717) is 22.9 Å². The highest BCUT2D eigenvalue weighted by Crippen LogP contribution is 2.20. The van der Waals surface area contributed by atoms with E-state index in [-0.39, 0.29) is 5.91 Å². The first-order valence-electron chi connectivity index (χ1n) is 6.52. The van der Waals surface area contributed by atoms with Gasteiger partial charge in [0, 0.05) is 23.8 Å². The average molecular weight is 369 g/mol. The molecule has 110 valence electrons. The van der Waals surface area contributed by atoms with Crippen molar-refractivity contribution in [2.45, 2.75) is 13.5 Å². The van der Waals surface area contributed by atoms with Crippen LogP contribution in [-0.4, -0.2) is 17.4 Å². The Hall–Kier alpha value is -1.59. The van der Waals surface area contributed by atoms with Gasteiger partial charge in [0.25, 0.3) is 5.91 Å². The molecule has 1 amide bonds. The molecule has 1 heterocycles. The third kappa shape index (κ3) is 4.44. The first-order valence-corrected chi connectivity index (χ1v) is 7.69. The predicted octanol–water partition coefficient (Wildman–Crippen LogP) is 3.86. The fourth-order valence-corrected chi connectivity index (χ4v) is 2.47. The van der Waals surface area contributed by atoms with Crippen molar-refractivity contribution in [2.75, 3.05) is 11.9 Å². The zero-order chi connectivity index (χ0) is 15.2. The van der Waals surface area contributed by atoms with Crippen molar-refractivity contribution in [1.82, 2.24) is 10.3 Å². The van der Waals surface area contributed by atoms with E-state index in [4.69, 9.17) is 11.6 Å². The summed E-state index contributed by atoms with van der Waals surface area (Å²) >= 11 is 9.48. The minimum Gasteiger partial charge on any atom is -0.369 e. The number of hydrogen-bond donors (Lipinski definition) is 2. The van der Waals surface area contributed by atoms with Gasteiger partial charge < -0.3 is 10.6 Å². The molecule has 2 N–H and O–H groups in total. The molecule has 0 radical (unpaired) electrons. The second kappa shape index (κ2) is 7.43. The van der Waals surface area contributed by atoms with Gasteiger partial charge in [-0.25, -0.2) is 4.98 Å². The van der Waals surface area contributed by atoms with Crippen LogP contribution < -0.4 is 10.6 Å². The van der Waals surface area contributed by atoms with E-state index in [1.54, 1.807) is 6.07 Å². The second-order valence-electron chi connectivity index (χ2n) is 4.40. The number of halogens is 2. The second-order valence-corrected chi connectivity index (χ2v) is 5.72. The van der Waals surface area contributed by atoms with Gasteiger partial charge in [-0.2, -0.15) is 0 Å². The molecule has 6 heteroatoms. The third-order valence-electron chi connectivity index (χ3n) is 2.79. The number of nitrogens with zero attached hydrogens (tertiary/aromatic N) is 1. The summed E-state index contributed by atoms with van der Waals surface area (Å²) in [5.41, 5.74) is 1.46. The number of nitrogens with one attached hydrogen (secondary N) is 2. The van der Waals surface area contributed by atoms with E-state index in [2.05, 4.69) is 31.5 Å². The molecule has 0 bridgehead atoms. The Morgan fingerprint density at radius 1 is 1.38 bits per heavy atom. The van der Waals surface area contributed by atoms with Crippen LogP contribution in [0.5, 0.6) is 0 Å². The largest absolute Gasteiger partial charge is 0.369 e. The van der Waals surface area contributed by atoms with Gasteiger partial charge in [-0.15, -0.1) is 0 Å². The van der Waals surface area contributed by atoms with E-state index >= 15 is 0 Å². The van der Waals surface area contributed by atoms with Crippen LogP contribution >= 0.6 is 27.5 Å². The molecule has 0 spiro atoms. The zero-order valence-electron chi connectivity index (χ0n) is 11.5. The number of amides is 1. The summed E-state index contributed by atoms with van der Waals surface area (Å²) in [6.45, 7) is 3.13.